The molecule has 142 valence electrons. The maximum absolute atomic E-state index is 12.8. The van der Waals surface area contributed by atoms with E-state index >= 15 is 0 Å². The molecule has 8 heteroatoms. The fourth-order valence-corrected chi connectivity index (χ4v) is 3.47. The van der Waals surface area contributed by atoms with Crippen molar-refractivity contribution in [3.63, 3.8) is 0 Å². The molecular weight excluding hydrogens is 326 g/mol. The van der Waals surface area contributed by atoms with Crippen LogP contribution >= 0.6 is 0 Å². The monoisotopic (exact) mass is 355 g/mol. The van der Waals surface area contributed by atoms with Crippen LogP contribution in [0.2, 0.25) is 0 Å². The molecule has 0 bridgehead atoms. The third-order valence-electron chi connectivity index (χ3n) is 4.08. The summed E-state index contributed by atoms with van der Waals surface area (Å²) in [5.41, 5.74) is -0.631. The molecule has 1 fully saturated rings. The number of imide groups is 1. The minimum atomic E-state index is -1.35. The zero-order valence-corrected chi connectivity index (χ0v) is 16.3. The number of nitrogens with zero attached hydrogens (tertiary/aromatic N) is 2. The molecule has 1 aliphatic rings. The molecule has 25 heavy (non-hydrogen) atoms. The maximum Gasteiger partial charge on any atom is 0.330 e. The van der Waals surface area contributed by atoms with Gasteiger partial charge in [0, 0.05) is 19.6 Å². The van der Waals surface area contributed by atoms with Crippen molar-refractivity contribution in [1.82, 2.24) is 15.1 Å². The van der Waals surface area contributed by atoms with E-state index in [9.17, 15) is 19.2 Å². The van der Waals surface area contributed by atoms with E-state index < -0.39 is 41.3 Å². The molecule has 2 atom stereocenters. The van der Waals surface area contributed by atoms with Gasteiger partial charge < -0.3 is 15.0 Å². The van der Waals surface area contributed by atoms with Gasteiger partial charge in [-0.25, -0.2) is 9.59 Å². The molecule has 1 rings (SSSR count). The van der Waals surface area contributed by atoms with Crippen LogP contribution < -0.4 is 5.32 Å². The summed E-state index contributed by atoms with van der Waals surface area (Å²) >= 11 is 0. The zero-order chi connectivity index (χ0) is 19.7. The van der Waals surface area contributed by atoms with Gasteiger partial charge in [-0.2, -0.15) is 0 Å². The van der Waals surface area contributed by atoms with Crippen LogP contribution in [0.5, 0.6) is 0 Å². The van der Waals surface area contributed by atoms with Gasteiger partial charge in [-0.3, -0.25) is 14.5 Å². The molecule has 2 unspecified atom stereocenters. The molecule has 0 aromatic heterocycles. The number of hydrogen-bond donors (Lipinski definition) is 1. The zero-order valence-electron chi connectivity index (χ0n) is 16.3. The summed E-state index contributed by atoms with van der Waals surface area (Å²) in [4.78, 5) is 51.5. The summed E-state index contributed by atoms with van der Waals surface area (Å²) in [5.74, 6) is -3.46. The van der Waals surface area contributed by atoms with Crippen molar-refractivity contribution in [3.8, 4) is 0 Å². The van der Waals surface area contributed by atoms with Crippen LogP contribution in [0.25, 0.3) is 0 Å². The SMILES string of the molecule is COC(=O)C1C(C(=O)NC(C)(C)CC(C)(C)C)C(=O)N(C)C(=O)N1C. The Morgan fingerprint density at radius 2 is 1.64 bits per heavy atom. The van der Waals surface area contributed by atoms with Gasteiger partial charge in [-0.15, -0.1) is 0 Å². The molecule has 0 saturated carbocycles. The average molecular weight is 355 g/mol. The van der Waals surface area contributed by atoms with Crippen LogP contribution in [-0.2, 0) is 19.1 Å². The first-order valence-corrected chi connectivity index (χ1v) is 8.16. The lowest BCUT2D eigenvalue weighted by Gasteiger charge is -2.41. The van der Waals surface area contributed by atoms with Crippen molar-refractivity contribution < 1.29 is 23.9 Å². The standard InChI is InChI=1S/C17H29N3O5/c1-16(2,3)9-17(4,5)18-12(21)10-11(14(23)25-8)19(6)15(24)20(7)13(10)22/h10-11H,9H2,1-8H3,(H,18,21). The van der Waals surface area contributed by atoms with Gasteiger partial charge in [0.1, 0.15) is 5.92 Å². The van der Waals surface area contributed by atoms with Gasteiger partial charge in [0.2, 0.25) is 11.8 Å². The number of carbonyl (C=O) groups is 4. The third kappa shape index (κ3) is 4.70. The summed E-state index contributed by atoms with van der Waals surface area (Å²) in [6.07, 6.45) is 0.667. The van der Waals surface area contributed by atoms with Crippen LogP contribution in [-0.4, -0.2) is 66.4 Å². The largest absolute Gasteiger partial charge is 0.467 e. The number of carbonyl (C=O) groups excluding carboxylic acids is 4. The summed E-state index contributed by atoms with van der Waals surface area (Å²) in [6.45, 7) is 9.85. The van der Waals surface area contributed by atoms with Crippen LogP contribution in [0, 0.1) is 11.3 Å². The Hall–Kier alpha value is -2.12. The van der Waals surface area contributed by atoms with Crippen LogP contribution in [0.1, 0.15) is 41.0 Å². The second-order valence-corrected chi connectivity index (χ2v) is 8.35. The lowest BCUT2D eigenvalue weighted by Crippen LogP contribution is -2.66. The highest BCUT2D eigenvalue weighted by molar-refractivity contribution is 6.12. The Balaban J connectivity index is 3.15. The quantitative estimate of drug-likeness (QED) is 0.599. The number of likely N-dealkylation sites (N-methyl/N-ethyl adjacent to an activating group) is 1. The smallest absolute Gasteiger partial charge is 0.330 e. The van der Waals surface area contributed by atoms with Crippen molar-refractivity contribution in [2.75, 3.05) is 21.2 Å². The van der Waals surface area contributed by atoms with E-state index in [0.717, 1.165) is 16.9 Å². The Bertz CT molecular complexity index is 579. The highest BCUT2D eigenvalue weighted by atomic mass is 16.5. The lowest BCUT2D eigenvalue weighted by molar-refractivity contribution is -0.159. The Kier molecular flexibility index (Phi) is 5.87. The van der Waals surface area contributed by atoms with Crippen molar-refractivity contribution in [2.45, 2.75) is 52.6 Å². The van der Waals surface area contributed by atoms with Gasteiger partial charge >= 0.3 is 12.0 Å². The molecule has 4 amide bonds. The molecule has 1 aliphatic heterocycles. The Morgan fingerprint density at radius 1 is 1.12 bits per heavy atom. The van der Waals surface area contributed by atoms with E-state index in [1.807, 2.05) is 34.6 Å². The van der Waals surface area contributed by atoms with Gasteiger partial charge in [0.05, 0.1) is 7.11 Å². The van der Waals surface area contributed by atoms with Crippen LogP contribution in [0.15, 0.2) is 0 Å². The number of amides is 4. The second-order valence-electron chi connectivity index (χ2n) is 8.35. The highest BCUT2D eigenvalue weighted by Crippen LogP contribution is 2.28. The lowest BCUT2D eigenvalue weighted by atomic mass is 9.81. The molecule has 0 aliphatic carbocycles. The van der Waals surface area contributed by atoms with Crippen molar-refractivity contribution in [1.29, 1.82) is 0 Å². The van der Waals surface area contributed by atoms with E-state index in [0.29, 0.717) is 6.42 Å². The minimum Gasteiger partial charge on any atom is -0.467 e. The summed E-state index contributed by atoms with van der Waals surface area (Å²) < 4.78 is 4.70. The fraction of sp³-hybridized carbons (Fsp3) is 0.765. The second kappa shape index (κ2) is 7.01. The highest BCUT2D eigenvalue weighted by Gasteiger charge is 2.51. The van der Waals surface area contributed by atoms with Gasteiger partial charge in [-0.1, -0.05) is 20.8 Å². The first kappa shape index (κ1) is 20.9. The van der Waals surface area contributed by atoms with E-state index in [1.165, 1.54) is 14.1 Å². The van der Waals surface area contributed by atoms with Crippen molar-refractivity contribution in [3.05, 3.63) is 0 Å². The molecule has 1 saturated heterocycles. The number of rotatable bonds is 4. The molecule has 1 heterocycles. The van der Waals surface area contributed by atoms with Gasteiger partial charge in [-0.05, 0) is 25.7 Å². The Labute approximate surface area is 148 Å². The number of methoxy groups -OCH3 is 1. The number of hydrogen-bond acceptors (Lipinski definition) is 5. The third-order valence-corrected chi connectivity index (χ3v) is 4.08. The first-order valence-electron chi connectivity index (χ1n) is 8.16. The van der Waals surface area contributed by atoms with Crippen molar-refractivity contribution in [2.24, 2.45) is 11.3 Å². The molecule has 0 spiro atoms. The molecule has 0 aromatic carbocycles. The van der Waals surface area contributed by atoms with Crippen LogP contribution in [0.3, 0.4) is 0 Å². The molecular formula is C17H29N3O5. The predicted molar refractivity (Wildman–Crippen MR) is 91.5 cm³/mol. The number of ether oxygens (including phenoxy) is 1. The topological polar surface area (TPSA) is 96.0 Å². The fourth-order valence-electron chi connectivity index (χ4n) is 3.47. The van der Waals surface area contributed by atoms with E-state index in [4.69, 9.17) is 4.74 Å². The average Bonchev–Trinajstić information content (AvgIpc) is 2.44. The van der Waals surface area contributed by atoms with E-state index in [2.05, 4.69) is 5.32 Å². The Morgan fingerprint density at radius 3 is 2.08 bits per heavy atom. The molecule has 8 nitrogen and oxygen atoms in total. The van der Waals surface area contributed by atoms with E-state index in [-0.39, 0.29) is 5.41 Å². The maximum atomic E-state index is 12.8. The number of esters is 1. The summed E-state index contributed by atoms with van der Waals surface area (Å²) in [7, 11) is 3.81. The normalized spacial score (nSPS) is 22.1. The van der Waals surface area contributed by atoms with Gasteiger partial charge in [0.25, 0.3) is 0 Å². The van der Waals surface area contributed by atoms with Gasteiger partial charge in [0.15, 0.2) is 6.04 Å². The summed E-state index contributed by atoms with van der Waals surface area (Å²) in [6, 6.07) is -1.94. The molecule has 1 N–H and O–H groups in total. The first-order chi connectivity index (χ1) is 11.2. The van der Waals surface area contributed by atoms with E-state index in [1.54, 1.807) is 0 Å². The molecule has 0 aromatic rings. The van der Waals surface area contributed by atoms with Crippen molar-refractivity contribution >= 4 is 23.8 Å². The number of nitrogens with one attached hydrogen (secondary N) is 1. The van der Waals surface area contributed by atoms with Crippen LogP contribution in [0.4, 0.5) is 4.79 Å². The minimum absolute atomic E-state index is 0.0430. The summed E-state index contributed by atoms with van der Waals surface area (Å²) in [5, 5.41) is 2.85. The molecule has 0 radical (unpaired) electrons. The predicted octanol–water partition coefficient (Wildman–Crippen LogP) is 0.999. The number of urea groups is 1.